The van der Waals surface area contributed by atoms with Crippen molar-refractivity contribution in [1.29, 1.82) is 0 Å². The van der Waals surface area contributed by atoms with Crippen LogP contribution < -0.4 is 0 Å². The molecule has 1 unspecified atom stereocenters. The molecule has 0 fully saturated rings. The Kier molecular flexibility index (Phi) is 3.65. The van der Waals surface area contributed by atoms with Crippen LogP contribution in [0.1, 0.15) is 40.5 Å². The van der Waals surface area contributed by atoms with Crippen molar-refractivity contribution in [3.05, 3.63) is 34.1 Å². The van der Waals surface area contributed by atoms with Crippen LogP contribution in [0.15, 0.2) is 34.1 Å². The van der Waals surface area contributed by atoms with Crippen molar-refractivity contribution < 1.29 is 0 Å². The molecule has 0 aromatic rings. The van der Waals surface area contributed by atoms with Gasteiger partial charge in [-0.1, -0.05) is 43.8 Å². The summed E-state index contributed by atoms with van der Waals surface area (Å²) in [6.45, 7) is 12.8. The van der Waals surface area contributed by atoms with E-state index in [-0.39, 0.29) is 0 Å². The maximum absolute atomic E-state index is 3.98. The van der Waals surface area contributed by atoms with Crippen LogP contribution in [0, 0.1) is 5.41 Å². The van der Waals surface area contributed by atoms with Crippen molar-refractivity contribution in [3.63, 3.8) is 0 Å². The van der Waals surface area contributed by atoms with Crippen molar-refractivity contribution in [1.82, 2.24) is 0 Å². The van der Waals surface area contributed by atoms with E-state index in [1.165, 1.54) is 28.2 Å². The largest absolute Gasteiger partial charge is 0.0993 e. The maximum Gasteiger partial charge on any atom is 0.00201 e. The first-order valence-electron chi connectivity index (χ1n) is 5.20. The molecule has 0 saturated heterocycles. The van der Waals surface area contributed by atoms with Crippen LogP contribution in [0.3, 0.4) is 0 Å². The molecule has 1 atom stereocenters. The predicted octanol–water partition coefficient (Wildman–Crippen LogP) is 4.90. The Morgan fingerprint density at radius 2 is 2.29 bits per heavy atom. The van der Waals surface area contributed by atoms with Gasteiger partial charge in [-0.15, -0.1) is 0 Å². The monoisotopic (exact) mass is 208 g/mol. The minimum atomic E-state index is 0.336. The Morgan fingerprint density at radius 3 is 2.79 bits per heavy atom. The highest BCUT2D eigenvalue weighted by molar-refractivity contribution is 8.06. The number of hydrogen-bond acceptors (Lipinski definition) is 1. The van der Waals surface area contributed by atoms with E-state index in [1.54, 1.807) is 0 Å². The number of thioether (sulfide) groups is 1. The average molecular weight is 208 g/mol. The highest BCUT2D eigenvalue weighted by Gasteiger charge is 2.28. The Balaban J connectivity index is 2.93. The topological polar surface area (TPSA) is 0 Å². The second-order valence-electron chi connectivity index (χ2n) is 4.38. The van der Waals surface area contributed by atoms with Crippen LogP contribution >= 0.6 is 11.8 Å². The fourth-order valence-corrected chi connectivity index (χ4v) is 2.68. The van der Waals surface area contributed by atoms with Gasteiger partial charge in [-0.3, -0.25) is 0 Å². The molecule has 0 heterocycles. The third kappa shape index (κ3) is 2.54. The van der Waals surface area contributed by atoms with Crippen molar-refractivity contribution in [3.8, 4) is 0 Å². The molecule has 1 aliphatic rings. The van der Waals surface area contributed by atoms with Gasteiger partial charge < -0.3 is 0 Å². The Morgan fingerprint density at radius 1 is 1.64 bits per heavy atom. The van der Waals surface area contributed by atoms with Gasteiger partial charge in [0.05, 0.1) is 0 Å². The molecule has 0 aromatic carbocycles. The molecule has 1 heteroatoms. The van der Waals surface area contributed by atoms with Crippen molar-refractivity contribution in [2.24, 2.45) is 5.41 Å². The zero-order valence-corrected chi connectivity index (χ0v) is 10.5. The van der Waals surface area contributed by atoms with Gasteiger partial charge in [0.25, 0.3) is 0 Å². The molecule has 1 aliphatic carbocycles. The average Bonchev–Trinajstić information content (AvgIpc) is 2.11. The summed E-state index contributed by atoms with van der Waals surface area (Å²) >= 11 is 1.84. The van der Waals surface area contributed by atoms with Gasteiger partial charge in [-0.2, -0.15) is 0 Å². The van der Waals surface area contributed by atoms with E-state index in [2.05, 4.69) is 46.4 Å². The lowest BCUT2D eigenvalue weighted by molar-refractivity contribution is 0.403. The van der Waals surface area contributed by atoms with E-state index in [4.69, 9.17) is 0 Å². The van der Waals surface area contributed by atoms with Gasteiger partial charge in [-0.05, 0) is 42.6 Å². The lowest BCUT2D eigenvalue weighted by Crippen LogP contribution is -2.18. The van der Waals surface area contributed by atoms with Crippen LogP contribution in [0.4, 0.5) is 0 Å². The van der Waals surface area contributed by atoms with E-state index in [0.29, 0.717) is 5.41 Å². The molecule has 14 heavy (non-hydrogen) atoms. The molecule has 0 aromatic heterocycles. The van der Waals surface area contributed by atoms with Gasteiger partial charge in [0.15, 0.2) is 0 Å². The lowest BCUT2D eigenvalue weighted by Gasteiger charge is -2.33. The normalized spacial score (nSPS) is 26.9. The molecule has 0 amide bonds. The van der Waals surface area contributed by atoms with Crippen LogP contribution in [0.2, 0.25) is 0 Å². The van der Waals surface area contributed by atoms with E-state index < -0.39 is 0 Å². The minimum absolute atomic E-state index is 0.336. The van der Waals surface area contributed by atoms with Gasteiger partial charge in [-0.25, -0.2) is 0 Å². The van der Waals surface area contributed by atoms with Crippen molar-refractivity contribution >= 4 is 11.8 Å². The summed E-state index contributed by atoms with van der Waals surface area (Å²) in [5.41, 5.74) is 1.73. The number of hydrogen-bond donors (Lipinski definition) is 0. The number of allylic oxidation sites excluding steroid dienone is 5. The summed E-state index contributed by atoms with van der Waals surface area (Å²) < 4.78 is 0. The van der Waals surface area contributed by atoms with E-state index >= 15 is 0 Å². The third-order valence-corrected chi connectivity index (χ3v) is 4.07. The Hall–Kier alpha value is -0.430. The van der Waals surface area contributed by atoms with Gasteiger partial charge in [0, 0.05) is 5.41 Å². The van der Waals surface area contributed by atoms with Gasteiger partial charge in [0.1, 0.15) is 0 Å². The molecular formula is C13H20S. The summed E-state index contributed by atoms with van der Waals surface area (Å²) in [6.07, 6.45) is 7.02. The molecule has 78 valence electrons. The highest BCUT2D eigenvalue weighted by atomic mass is 32.2. The highest BCUT2D eigenvalue weighted by Crippen LogP contribution is 2.46. The smallest absolute Gasteiger partial charge is 0.00201 e. The fourth-order valence-electron chi connectivity index (χ4n) is 1.59. The second kappa shape index (κ2) is 4.39. The molecular weight excluding hydrogens is 188 g/mol. The van der Waals surface area contributed by atoms with E-state index in [0.717, 1.165) is 0 Å². The van der Waals surface area contributed by atoms with E-state index in [1.807, 2.05) is 11.8 Å². The standard InChI is InChI=1S/C13H20S/c1-6-13(5)8-7-11(4)9-12(13)14-10(2)3/h7,9H,2,6,8H2,1,3-5H3. The lowest BCUT2D eigenvalue weighted by atomic mass is 9.79. The predicted molar refractivity (Wildman–Crippen MR) is 67.3 cm³/mol. The molecule has 0 nitrogen and oxygen atoms in total. The zero-order chi connectivity index (χ0) is 10.8. The summed E-state index contributed by atoms with van der Waals surface area (Å²) in [6, 6.07) is 0. The summed E-state index contributed by atoms with van der Waals surface area (Å²) in [7, 11) is 0. The molecule has 0 saturated carbocycles. The summed E-state index contributed by atoms with van der Waals surface area (Å²) in [5.74, 6) is 0. The zero-order valence-electron chi connectivity index (χ0n) is 9.68. The summed E-state index contributed by atoms with van der Waals surface area (Å²) in [5, 5.41) is 0. The second-order valence-corrected chi connectivity index (χ2v) is 5.72. The fraction of sp³-hybridized carbons (Fsp3) is 0.538. The maximum atomic E-state index is 3.98. The molecule has 0 bridgehead atoms. The van der Waals surface area contributed by atoms with Crippen molar-refractivity contribution in [2.45, 2.75) is 40.5 Å². The van der Waals surface area contributed by atoms with Gasteiger partial charge in [0.2, 0.25) is 0 Å². The molecule has 1 rings (SSSR count). The van der Waals surface area contributed by atoms with Gasteiger partial charge >= 0.3 is 0 Å². The Bertz CT molecular complexity index is 296. The van der Waals surface area contributed by atoms with Crippen LogP contribution in [-0.2, 0) is 0 Å². The number of rotatable bonds is 3. The van der Waals surface area contributed by atoms with Crippen LogP contribution in [0.5, 0.6) is 0 Å². The summed E-state index contributed by atoms with van der Waals surface area (Å²) in [4.78, 5) is 2.66. The quantitative estimate of drug-likeness (QED) is 0.635. The SMILES string of the molecule is C=C(C)SC1=CC(C)=CCC1(C)CC. The first-order chi connectivity index (χ1) is 6.48. The van der Waals surface area contributed by atoms with Crippen LogP contribution in [-0.4, -0.2) is 0 Å². The first kappa shape index (κ1) is 11.6. The molecule has 0 N–H and O–H groups in total. The molecule has 0 spiro atoms. The van der Waals surface area contributed by atoms with Crippen molar-refractivity contribution in [2.75, 3.05) is 0 Å². The minimum Gasteiger partial charge on any atom is -0.0993 e. The molecule has 0 aliphatic heterocycles. The van der Waals surface area contributed by atoms with Crippen LogP contribution in [0.25, 0.3) is 0 Å². The molecule has 0 radical (unpaired) electrons. The third-order valence-electron chi connectivity index (χ3n) is 2.89. The van der Waals surface area contributed by atoms with E-state index in [9.17, 15) is 0 Å². The Labute approximate surface area is 92.2 Å². The first-order valence-corrected chi connectivity index (χ1v) is 6.02.